The molecule has 26 heavy (non-hydrogen) atoms. The van der Waals surface area contributed by atoms with Crippen LogP contribution in [0.2, 0.25) is 0 Å². The summed E-state index contributed by atoms with van der Waals surface area (Å²) in [4.78, 5) is 0. The summed E-state index contributed by atoms with van der Waals surface area (Å²) >= 11 is 0. The molecule has 0 atom stereocenters. The molecule has 176 valence electrons. The Morgan fingerprint density at radius 3 is 0.231 bits per heavy atom. The first kappa shape index (κ1) is 63.5. The lowest BCUT2D eigenvalue weighted by atomic mass is 10.6. The first-order valence-electron chi connectivity index (χ1n) is 11.9. The van der Waals surface area contributed by atoms with Crippen LogP contribution in [0.25, 0.3) is 0 Å². The van der Waals surface area contributed by atoms with Crippen molar-refractivity contribution in [1.82, 2.24) is 0 Å². The van der Waals surface area contributed by atoms with E-state index in [-0.39, 0.29) is 7.43 Å². The Morgan fingerprint density at radius 1 is 0.231 bits per heavy atom. The van der Waals surface area contributed by atoms with Crippen molar-refractivity contribution in [2.24, 2.45) is 0 Å². The molecule has 0 rings (SSSR count). The maximum atomic E-state index is 2.12. The lowest BCUT2D eigenvalue weighted by Gasteiger charge is -1.48. The number of hydrogen-bond acceptors (Lipinski definition) is 0. The molecule has 0 heterocycles. The van der Waals surface area contributed by atoms with Crippen LogP contribution in [0, 0.1) is 0 Å². The molecule has 0 fully saturated rings. The van der Waals surface area contributed by atoms with Crippen molar-refractivity contribution >= 4 is 0 Å². The highest BCUT2D eigenvalue weighted by Crippen LogP contribution is 1.58. The van der Waals surface area contributed by atoms with E-state index >= 15 is 0 Å². The summed E-state index contributed by atoms with van der Waals surface area (Å²) in [6, 6.07) is 0. The van der Waals surface area contributed by atoms with Gasteiger partial charge in [-0.05, 0) is 0 Å². The van der Waals surface area contributed by atoms with E-state index < -0.39 is 0 Å². The normalized spacial score (nSPS) is 5.31. The average molecular weight is 385 g/mol. The second-order valence-corrected chi connectivity index (χ2v) is 4.95. The van der Waals surface area contributed by atoms with Gasteiger partial charge in [0.1, 0.15) is 0 Å². The summed E-state index contributed by atoms with van der Waals surface area (Å²) in [6.45, 7) is 37.8. The Labute approximate surface area is 177 Å². The van der Waals surface area contributed by atoms with E-state index in [1.807, 2.05) is 27.7 Å². The first-order valence-corrected chi connectivity index (χ1v) is 11.9. The van der Waals surface area contributed by atoms with E-state index in [9.17, 15) is 0 Å². The van der Waals surface area contributed by atoms with Crippen LogP contribution in [0.5, 0.6) is 0 Å². The van der Waals surface area contributed by atoms with Gasteiger partial charge < -0.3 is 0 Å². The molecule has 0 aromatic heterocycles. The van der Waals surface area contributed by atoms with Crippen LogP contribution in [-0.4, -0.2) is 0 Å². The molecular formula is C26H72. The maximum absolute atomic E-state index is 2.12. The Bertz CT molecular complexity index is 19.7. The van der Waals surface area contributed by atoms with Crippen molar-refractivity contribution in [3.05, 3.63) is 0 Å². The van der Waals surface area contributed by atoms with Gasteiger partial charge in [0.25, 0.3) is 0 Å². The summed E-state index contributed by atoms with van der Waals surface area (Å²) in [6.07, 6.45) is 8.75. The third-order valence-corrected chi connectivity index (χ3v) is 0. The van der Waals surface area contributed by atoms with Gasteiger partial charge in [-0.1, -0.05) is 177 Å². The molecular weight excluding hydrogens is 312 g/mol. The molecule has 0 heteroatoms. The minimum Gasteiger partial charge on any atom is -0.0776 e. The minimum atomic E-state index is 0. The zero-order valence-electron chi connectivity index (χ0n) is 22.9. The molecule has 0 aromatic carbocycles. The molecule has 0 aliphatic heterocycles. The topological polar surface area (TPSA) is 0 Å². The van der Waals surface area contributed by atoms with Crippen LogP contribution in [0.1, 0.15) is 177 Å². The minimum absolute atomic E-state index is 0. The van der Waals surface area contributed by atoms with Crippen LogP contribution in [0.15, 0.2) is 0 Å². The fourth-order valence-electron chi connectivity index (χ4n) is 0. The average Bonchev–Trinajstić information content (AvgIpc) is 2.56. The third kappa shape index (κ3) is 0. The zero-order valence-corrected chi connectivity index (χ0v) is 22.9. The quantitative estimate of drug-likeness (QED) is 0.389. The molecule has 0 saturated carbocycles. The van der Waals surface area contributed by atoms with E-state index in [1.54, 1.807) is 0 Å². The SMILES string of the molecule is C.CC.CC.CCC.CCC.CCC.CCC.CCC.CCC.CCC. The Hall–Kier alpha value is 0. The van der Waals surface area contributed by atoms with Crippen LogP contribution < -0.4 is 0 Å². The third-order valence-electron chi connectivity index (χ3n) is 0. The molecule has 0 amide bonds. The number of rotatable bonds is 0. The smallest absolute Gasteiger partial charge is 0.0590 e. The fraction of sp³-hybridized carbons (Fsp3) is 1.00. The Balaban J connectivity index is -0.0000000138. The second kappa shape index (κ2) is 294. The predicted molar refractivity (Wildman–Crippen MR) is 141 cm³/mol. The van der Waals surface area contributed by atoms with Gasteiger partial charge in [0.15, 0.2) is 0 Å². The molecule has 0 aliphatic carbocycles. The monoisotopic (exact) mass is 385 g/mol. The maximum Gasteiger partial charge on any atom is -0.0590 e. The second-order valence-electron chi connectivity index (χ2n) is 4.95. The van der Waals surface area contributed by atoms with Gasteiger partial charge in [0, 0.05) is 0 Å². The summed E-state index contributed by atoms with van der Waals surface area (Å²) < 4.78 is 0. The molecule has 0 bridgehead atoms. The Morgan fingerprint density at radius 2 is 0.231 bits per heavy atom. The van der Waals surface area contributed by atoms with Crippen molar-refractivity contribution in [2.45, 2.75) is 177 Å². The summed E-state index contributed by atoms with van der Waals surface area (Å²) in [5, 5.41) is 0. The zero-order chi connectivity index (χ0) is 22.9. The van der Waals surface area contributed by atoms with Crippen molar-refractivity contribution < 1.29 is 0 Å². The molecule has 0 nitrogen and oxygen atoms in total. The largest absolute Gasteiger partial charge is 0.0776 e. The van der Waals surface area contributed by atoms with Gasteiger partial charge in [-0.2, -0.15) is 0 Å². The summed E-state index contributed by atoms with van der Waals surface area (Å²) in [5.74, 6) is 0. The van der Waals surface area contributed by atoms with Crippen molar-refractivity contribution in [3.8, 4) is 0 Å². The highest BCUT2D eigenvalue weighted by molar-refractivity contribution is 3.94. The van der Waals surface area contributed by atoms with Crippen LogP contribution in [0.4, 0.5) is 0 Å². The van der Waals surface area contributed by atoms with Gasteiger partial charge in [0.2, 0.25) is 0 Å². The van der Waals surface area contributed by atoms with Gasteiger partial charge in [-0.3, -0.25) is 0 Å². The van der Waals surface area contributed by atoms with E-state index in [4.69, 9.17) is 0 Å². The Kier molecular flexibility index (Phi) is 717. The highest BCUT2D eigenvalue weighted by Gasteiger charge is 1.37. The standard InChI is InChI=1S/7C3H8.2C2H6.CH4/c7*1-3-2;2*1-2;/h7*3H2,1-2H3;2*1-2H3;1H4. The first-order chi connectivity index (χ1) is 11.9. The van der Waals surface area contributed by atoms with E-state index in [1.165, 1.54) is 44.9 Å². The molecule has 0 radical (unpaired) electrons. The number of hydrogen-bond donors (Lipinski definition) is 0. The van der Waals surface area contributed by atoms with E-state index in [2.05, 4.69) is 96.9 Å². The molecule has 0 spiro atoms. The fourth-order valence-corrected chi connectivity index (χ4v) is 0. The van der Waals surface area contributed by atoms with Crippen molar-refractivity contribution in [2.75, 3.05) is 0 Å². The molecule has 0 N–H and O–H groups in total. The summed E-state index contributed by atoms with van der Waals surface area (Å²) in [5.41, 5.74) is 0. The predicted octanol–water partition coefficient (Wildman–Crippen LogP) is 12.6. The highest BCUT2D eigenvalue weighted by atomic mass is 13.4. The van der Waals surface area contributed by atoms with Gasteiger partial charge in [-0.15, -0.1) is 0 Å². The van der Waals surface area contributed by atoms with Gasteiger partial charge >= 0.3 is 0 Å². The van der Waals surface area contributed by atoms with E-state index in [0.717, 1.165) is 0 Å². The van der Waals surface area contributed by atoms with Crippen LogP contribution >= 0.6 is 0 Å². The molecule has 0 saturated heterocycles. The van der Waals surface area contributed by atoms with Crippen LogP contribution in [0.3, 0.4) is 0 Å². The van der Waals surface area contributed by atoms with Crippen molar-refractivity contribution in [1.29, 1.82) is 0 Å². The van der Waals surface area contributed by atoms with E-state index in [0.29, 0.717) is 0 Å². The van der Waals surface area contributed by atoms with Crippen LogP contribution in [-0.2, 0) is 0 Å². The molecule has 0 aliphatic rings. The van der Waals surface area contributed by atoms with Gasteiger partial charge in [-0.25, -0.2) is 0 Å². The lowest BCUT2D eigenvalue weighted by molar-refractivity contribution is 1.09. The lowest BCUT2D eigenvalue weighted by Crippen LogP contribution is -1.27. The van der Waals surface area contributed by atoms with Crippen molar-refractivity contribution in [3.63, 3.8) is 0 Å². The molecule has 0 aromatic rings. The molecule has 0 unspecified atom stereocenters. The van der Waals surface area contributed by atoms with Gasteiger partial charge in [0.05, 0.1) is 0 Å². The summed E-state index contributed by atoms with van der Waals surface area (Å²) in [7, 11) is 0.